The first-order valence-electron chi connectivity index (χ1n) is 20.8. The van der Waals surface area contributed by atoms with Gasteiger partial charge in [0.15, 0.2) is 0 Å². The summed E-state index contributed by atoms with van der Waals surface area (Å²) in [6.07, 6.45) is 0. The van der Waals surface area contributed by atoms with Crippen LogP contribution in [0.1, 0.15) is 22.3 Å². The van der Waals surface area contributed by atoms with E-state index in [9.17, 15) is 0 Å². The van der Waals surface area contributed by atoms with Gasteiger partial charge in [0, 0.05) is 16.9 Å². The van der Waals surface area contributed by atoms with E-state index in [2.05, 4.69) is 254 Å². The number of para-hydroxylation sites is 1. The van der Waals surface area contributed by atoms with E-state index in [0.717, 1.165) is 17.1 Å². The van der Waals surface area contributed by atoms with Gasteiger partial charge in [-0.15, -0.1) is 0 Å². The number of fused-ring (bicyclic) bond motifs is 4. The summed E-state index contributed by atoms with van der Waals surface area (Å²) in [6, 6.07) is 91.1. The van der Waals surface area contributed by atoms with Crippen LogP contribution in [0.15, 0.2) is 249 Å². The number of hydrogen-bond acceptors (Lipinski definition) is 1. The summed E-state index contributed by atoms with van der Waals surface area (Å²) >= 11 is 0. The van der Waals surface area contributed by atoms with Gasteiger partial charge in [-0.1, -0.05) is 218 Å². The first-order chi connectivity index (χ1) is 29.8. The summed E-state index contributed by atoms with van der Waals surface area (Å²) in [4.78, 5) is 2.46. The fraction of sp³-hybridized carbons (Fsp3) is 0.0169. The molecule has 10 aromatic rings. The van der Waals surface area contributed by atoms with E-state index in [4.69, 9.17) is 0 Å². The Labute approximate surface area is 352 Å². The highest BCUT2D eigenvalue weighted by molar-refractivity contribution is 6.08. The Morgan fingerprint density at radius 1 is 0.283 bits per heavy atom. The molecular weight excluding hydrogens is 723 g/mol. The summed E-state index contributed by atoms with van der Waals surface area (Å²) in [5, 5.41) is 2.46. The van der Waals surface area contributed by atoms with Crippen LogP contribution in [-0.2, 0) is 5.41 Å². The summed E-state index contributed by atoms with van der Waals surface area (Å²) in [7, 11) is 0. The van der Waals surface area contributed by atoms with E-state index in [1.165, 1.54) is 77.5 Å². The molecule has 0 aromatic heterocycles. The minimum absolute atomic E-state index is 0.521. The standard InChI is InChI=1S/C59H41N/c1-4-19-42(20-5-1)43-37-39-48(40-38-43)60(57-36-15-12-31-53(57)54-33-17-24-45-23-16-32-50(58(45)54)44-21-6-2-7-22-44)49-28-18-27-47(41-49)59(46-25-8-3-9-26-46)55-34-13-10-29-51(55)52-30-11-14-35-56(52)59/h1-41H. The number of rotatable bonds is 8. The summed E-state index contributed by atoms with van der Waals surface area (Å²) in [6.45, 7) is 0. The molecule has 0 fully saturated rings. The van der Waals surface area contributed by atoms with Crippen LogP contribution in [0.25, 0.3) is 55.3 Å². The highest BCUT2D eigenvalue weighted by Crippen LogP contribution is 2.57. The Balaban J connectivity index is 1.17. The first-order valence-corrected chi connectivity index (χ1v) is 20.8. The van der Waals surface area contributed by atoms with E-state index in [-0.39, 0.29) is 0 Å². The third-order valence-electron chi connectivity index (χ3n) is 12.4. The van der Waals surface area contributed by atoms with Crippen molar-refractivity contribution in [1.29, 1.82) is 0 Å². The normalized spacial score (nSPS) is 12.5. The van der Waals surface area contributed by atoms with E-state index in [1.807, 2.05) is 0 Å². The smallest absolute Gasteiger partial charge is 0.0714 e. The van der Waals surface area contributed by atoms with Crippen molar-refractivity contribution in [2.45, 2.75) is 5.41 Å². The van der Waals surface area contributed by atoms with E-state index in [0.29, 0.717) is 0 Å². The van der Waals surface area contributed by atoms with Gasteiger partial charge in [0.25, 0.3) is 0 Å². The minimum atomic E-state index is -0.521. The summed E-state index contributed by atoms with van der Waals surface area (Å²) in [5.74, 6) is 0. The lowest BCUT2D eigenvalue weighted by atomic mass is 9.67. The van der Waals surface area contributed by atoms with Crippen molar-refractivity contribution in [3.8, 4) is 44.5 Å². The third kappa shape index (κ3) is 5.78. The van der Waals surface area contributed by atoms with Gasteiger partial charge in [-0.2, -0.15) is 0 Å². The predicted molar refractivity (Wildman–Crippen MR) is 252 cm³/mol. The molecular formula is C59H41N. The number of anilines is 3. The Morgan fingerprint density at radius 3 is 1.43 bits per heavy atom. The second kappa shape index (κ2) is 14.9. The SMILES string of the molecule is c1ccc(-c2ccc(N(c3cccc(C4(c5ccccc5)c5ccccc5-c5ccccc54)c3)c3ccccc3-c3cccc4cccc(-c5ccccc5)c34)cc2)cc1. The molecule has 0 amide bonds. The molecule has 0 saturated carbocycles. The highest BCUT2D eigenvalue weighted by atomic mass is 15.1. The van der Waals surface area contributed by atoms with Crippen LogP contribution < -0.4 is 4.90 Å². The average Bonchev–Trinajstić information content (AvgIpc) is 3.64. The number of hydrogen-bond donors (Lipinski definition) is 0. The molecule has 0 spiro atoms. The highest BCUT2D eigenvalue weighted by Gasteiger charge is 2.46. The lowest BCUT2D eigenvalue weighted by Gasteiger charge is -2.35. The maximum absolute atomic E-state index is 2.46. The van der Waals surface area contributed by atoms with Crippen molar-refractivity contribution < 1.29 is 0 Å². The molecule has 282 valence electrons. The molecule has 1 heteroatoms. The van der Waals surface area contributed by atoms with Crippen molar-refractivity contribution in [2.24, 2.45) is 0 Å². The van der Waals surface area contributed by atoms with Crippen molar-refractivity contribution in [3.05, 3.63) is 271 Å². The maximum atomic E-state index is 2.46. The molecule has 0 aliphatic heterocycles. The fourth-order valence-corrected chi connectivity index (χ4v) is 9.77. The first kappa shape index (κ1) is 35.4. The molecule has 0 heterocycles. The summed E-state index contributed by atoms with van der Waals surface area (Å²) in [5.41, 5.74) is 17.6. The van der Waals surface area contributed by atoms with Gasteiger partial charge in [-0.3, -0.25) is 0 Å². The van der Waals surface area contributed by atoms with Crippen LogP contribution >= 0.6 is 0 Å². The zero-order chi connectivity index (χ0) is 39.9. The molecule has 0 radical (unpaired) electrons. The Bertz CT molecular complexity index is 3080. The molecule has 0 N–H and O–H groups in total. The molecule has 0 saturated heterocycles. The Morgan fingerprint density at radius 2 is 0.767 bits per heavy atom. The van der Waals surface area contributed by atoms with Crippen molar-refractivity contribution >= 4 is 27.8 Å². The third-order valence-corrected chi connectivity index (χ3v) is 12.4. The van der Waals surface area contributed by atoms with Crippen LogP contribution in [0.2, 0.25) is 0 Å². The molecule has 0 unspecified atom stereocenters. The molecule has 0 atom stereocenters. The molecule has 1 aliphatic rings. The van der Waals surface area contributed by atoms with Crippen LogP contribution in [-0.4, -0.2) is 0 Å². The average molecular weight is 764 g/mol. The van der Waals surface area contributed by atoms with Crippen molar-refractivity contribution in [3.63, 3.8) is 0 Å². The quantitative estimate of drug-likeness (QED) is 0.149. The molecule has 0 bridgehead atoms. The van der Waals surface area contributed by atoms with Gasteiger partial charge in [-0.25, -0.2) is 0 Å². The van der Waals surface area contributed by atoms with E-state index in [1.54, 1.807) is 0 Å². The van der Waals surface area contributed by atoms with Crippen LogP contribution in [0.4, 0.5) is 17.1 Å². The second-order valence-corrected chi connectivity index (χ2v) is 15.6. The fourth-order valence-electron chi connectivity index (χ4n) is 9.77. The molecule has 11 rings (SSSR count). The molecule has 10 aromatic carbocycles. The Hall–Kier alpha value is -7.74. The number of benzene rings is 10. The summed E-state index contributed by atoms with van der Waals surface area (Å²) < 4.78 is 0. The van der Waals surface area contributed by atoms with E-state index >= 15 is 0 Å². The second-order valence-electron chi connectivity index (χ2n) is 15.6. The van der Waals surface area contributed by atoms with Crippen molar-refractivity contribution in [2.75, 3.05) is 4.90 Å². The van der Waals surface area contributed by atoms with Gasteiger partial charge in [0.1, 0.15) is 0 Å². The predicted octanol–water partition coefficient (Wildman–Crippen LogP) is 15.7. The Kier molecular flexibility index (Phi) is 8.79. The lowest BCUT2D eigenvalue weighted by molar-refractivity contribution is 0.768. The van der Waals surface area contributed by atoms with E-state index < -0.39 is 5.41 Å². The van der Waals surface area contributed by atoms with Gasteiger partial charge < -0.3 is 4.90 Å². The monoisotopic (exact) mass is 763 g/mol. The maximum Gasteiger partial charge on any atom is 0.0714 e. The zero-order valence-corrected chi connectivity index (χ0v) is 33.1. The molecule has 60 heavy (non-hydrogen) atoms. The molecule has 1 aliphatic carbocycles. The van der Waals surface area contributed by atoms with Gasteiger partial charge in [0.2, 0.25) is 0 Å². The topological polar surface area (TPSA) is 3.24 Å². The minimum Gasteiger partial charge on any atom is -0.310 e. The zero-order valence-electron chi connectivity index (χ0n) is 33.1. The van der Waals surface area contributed by atoms with Gasteiger partial charge in [-0.05, 0) is 102 Å². The number of nitrogens with zero attached hydrogens (tertiary/aromatic N) is 1. The van der Waals surface area contributed by atoms with Crippen LogP contribution in [0.5, 0.6) is 0 Å². The van der Waals surface area contributed by atoms with Crippen LogP contribution in [0, 0.1) is 0 Å². The lowest BCUT2D eigenvalue weighted by Crippen LogP contribution is -2.28. The largest absolute Gasteiger partial charge is 0.310 e. The van der Waals surface area contributed by atoms with Gasteiger partial charge in [0.05, 0.1) is 11.1 Å². The molecule has 1 nitrogen and oxygen atoms in total. The van der Waals surface area contributed by atoms with Gasteiger partial charge >= 0.3 is 0 Å². The van der Waals surface area contributed by atoms with Crippen LogP contribution in [0.3, 0.4) is 0 Å². The van der Waals surface area contributed by atoms with Crippen molar-refractivity contribution in [1.82, 2.24) is 0 Å².